The lowest BCUT2D eigenvalue weighted by Gasteiger charge is -2.07. The van der Waals surface area contributed by atoms with Crippen molar-refractivity contribution >= 4 is 29.8 Å². The summed E-state index contributed by atoms with van der Waals surface area (Å²) in [6.07, 6.45) is 10.2. The third kappa shape index (κ3) is 8.33. The summed E-state index contributed by atoms with van der Waals surface area (Å²) in [5.74, 6) is -0.0734. The summed E-state index contributed by atoms with van der Waals surface area (Å²) < 4.78 is 10.7. The standard InChI is InChI=1S/C30H28O6/c1-35-29-19-23(12-16-27(29)33)10-14-25(31)21-26(32)15-11-24-13-17-28(34)30(20-24)36-18-6-5-9-22-7-3-2-4-8-22/h2-5,7-17,19-20,33-34H,6,18,21H2,1H3/b9-5?,14-10+,15-11+. The number of carbonyl (C=O) groups is 2. The Hall–Kier alpha value is -4.58. The number of aromatic hydroxyl groups is 2. The van der Waals surface area contributed by atoms with Crippen LogP contribution < -0.4 is 9.47 Å². The molecule has 0 saturated heterocycles. The van der Waals surface area contributed by atoms with Gasteiger partial charge in [-0.25, -0.2) is 0 Å². The number of phenols is 2. The molecule has 3 aromatic carbocycles. The molecule has 0 aliphatic heterocycles. The minimum atomic E-state index is -0.352. The zero-order valence-corrected chi connectivity index (χ0v) is 20.0. The number of phenolic OH excluding ortho intramolecular Hbond substituents is 2. The van der Waals surface area contributed by atoms with Crippen LogP contribution in [0.5, 0.6) is 23.0 Å². The molecule has 36 heavy (non-hydrogen) atoms. The van der Waals surface area contributed by atoms with Gasteiger partial charge < -0.3 is 19.7 Å². The number of allylic oxidation sites excluding steroid dienone is 2. The van der Waals surface area contributed by atoms with Gasteiger partial charge in [0.25, 0.3) is 0 Å². The molecule has 184 valence electrons. The van der Waals surface area contributed by atoms with E-state index in [-0.39, 0.29) is 29.5 Å². The van der Waals surface area contributed by atoms with E-state index in [2.05, 4.69) is 0 Å². The van der Waals surface area contributed by atoms with Crippen molar-refractivity contribution in [3.05, 3.63) is 102 Å². The second-order valence-corrected chi connectivity index (χ2v) is 7.88. The molecule has 0 bridgehead atoms. The Bertz CT molecular complexity index is 1270. The molecule has 0 fully saturated rings. The van der Waals surface area contributed by atoms with Gasteiger partial charge in [-0.2, -0.15) is 0 Å². The molecule has 0 aliphatic rings. The van der Waals surface area contributed by atoms with E-state index in [0.29, 0.717) is 35.7 Å². The van der Waals surface area contributed by atoms with Crippen LogP contribution in [0.15, 0.2) is 85.0 Å². The lowest BCUT2D eigenvalue weighted by molar-refractivity contribution is -0.121. The quantitative estimate of drug-likeness (QED) is 0.190. The molecular formula is C30H28O6. The number of hydrogen-bond donors (Lipinski definition) is 2. The molecule has 0 saturated carbocycles. The van der Waals surface area contributed by atoms with E-state index in [0.717, 1.165) is 5.56 Å². The van der Waals surface area contributed by atoms with E-state index in [4.69, 9.17) is 9.47 Å². The van der Waals surface area contributed by atoms with Crippen molar-refractivity contribution < 1.29 is 29.3 Å². The first-order valence-corrected chi connectivity index (χ1v) is 11.4. The fourth-order valence-corrected chi connectivity index (χ4v) is 3.24. The minimum absolute atomic E-state index is 0.00368. The van der Waals surface area contributed by atoms with E-state index >= 15 is 0 Å². The van der Waals surface area contributed by atoms with Crippen LogP contribution >= 0.6 is 0 Å². The van der Waals surface area contributed by atoms with Crippen LogP contribution in [0.25, 0.3) is 18.2 Å². The zero-order valence-electron chi connectivity index (χ0n) is 20.0. The first-order chi connectivity index (χ1) is 17.4. The maximum Gasteiger partial charge on any atom is 0.163 e. The van der Waals surface area contributed by atoms with Crippen molar-refractivity contribution in [2.24, 2.45) is 0 Å². The molecule has 0 amide bonds. The van der Waals surface area contributed by atoms with Crippen LogP contribution in [-0.2, 0) is 9.59 Å². The van der Waals surface area contributed by atoms with Crippen LogP contribution in [0.2, 0.25) is 0 Å². The third-order valence-electron chi connectivity index (χ3n) is 5.11. The van der Waals surface area contributed by atoms with Gasteiger partial charge in [-0.15, -0.1) is 0 Å². The summed E-state index contributed by atoms with van der Waals surface area (Å²) in [4.78, 5) is 24.4. The van der Waals surface area contributed by atoms with Crippen LogP contribution in [0.3, 0.4) is 0 Å². The molecule has 0 aromatic heterocycles. The number of ether oxygens (including phenoxy) is 2. The van der Waals surface area contributed by atoms with Crippen molar-refractivity contribution in [3.63, 3.8) is 0 Å². The first kappa shape index (κ1) is 26.0. The summed E-state index contributed by atoms with van der Waals surface area (Å²) >= 11 is 0. The van der Waals surface area contributed by atoms with E-state index in [9.17, 15) is 19.8 Å². The predicted octanol–water partition coefficient (Wildman–Crippen LogP) is 5.84. The molecule has 6 nitrogen and oxygen atoms in total. The predicted molar refractivity (Wildman–Crippen MR) is 141 cm³/mol. The average Bonchev–Trinajstić information content (AvgIpc) is 2.88. The summed E-state index contributed by atoms with van der Waals surface area (Å²) in [7, 11) is 1.44. The molecule has 2 N–H and O–H groups in total. The van der Waals surface area contributed by atoms with Gasteiger partial charge in [-0.05, 0) is 59.5 Å². The van der Waals surface area contributed by atoms with E-state index in [1.165, 1.54) is 31.4 Å². The largest absolute Gasteiger partial charge is 0.504 e. The van der Waals surface area contributed by atoms with Crippen molar-refractivity contribution in [2.45, 2.75) is 12.8 Å². The van der Waals surface area contributed by atoms with Gasteiger partial charge in [0.2, 0.25) is 0 Å². The van der Waals surface area contributed by atoms with Gasteiger partial charge in [-0.1, -0.05) is 66.8 Å². The molecular weight excluding hydrogens is 456 g/mol. The highest BCUT2D eigenvalue weighted by Gasteiger charge is 2.06. The highest BCUT2D eigenvalue weighted by atomic mass is 16.5. The summed E-state index contributed by atoms with van der Waals surface area (Å²) in [5, 5.41) is 19.7. The van der Waals surface area contributed by atoms with Crippen molar-refractivity contribution in [1.82, 2.24) is 0 Å². The van der Waals surface area contributed by atoms with Gasteiger partial charge in [0, 0.05) is 0 Å². The Morgan fingerprint density at radius 2 is 1.33 bits per heavy atom. The fourth-order valence-electron chi connectivity index (χ4n) is 3.24. The highest BCUT2D eigenvalue weighted by Crippen LogP contribution is 2.28. The molecule has 0 atom stereocenters. The lowest BCUT2D eigenvalue weighted by atomic mass is 10.1. The zero-order chi connectivity index (χ0) is 25.8. The molecule has 0 radical (unpaired) electrons. The summed E-state index contributed by atoms with van der Waals surface area (Å²) in [5.41, 5.74) is 2.43. The molecule has 3 rings (SSSR count). The SMILES string of the molecule is COc1cc(/C=C/C(=O)CC(=O)/C=C/c2ccc(O)c(OCCC=Cc3ccccc3)c2)ccc1O. The Labute approximate surface area is 210 Å². The van der Waals surface area contributed by atoms with Gasteiger partial charge >= 0.3 is 0 Å². The number of benzene rings is 3. The Balaban J connectivity index is 1.50. The van der Waals surface area contributed by atoms with Crippen LogP contribution in [-0.4, -0.2) is 35.5 Å². The topological polar surface area (TPSA) is 93.1 Å². The molecule has 6 heteroatoms. The molecule has 0 spiro atoms. The molecule has 3 aromatic rings. The van der Waals surface area contributed by atoms with Crippen molar-refractivity contribution in [1.29, 1.82) is 0 Å². The lowest BCUT2D eigenvalue weighted by Crippen LogP contribution is -2.02. The average molecular weight is 485 g/mol. The number of hydrogen-bond acceptors (Lipinski definition) is 6. The second-order valence-electron chi connectivity index (χ2n) is 7.88. The van der Waals surface area contributed by atoms with Gasteiger partial charge in [0.05, 0.1) is 20.1 Å². The number of rotatable bonds is 12. The van der Waals surface area contributed by atoms with Crippen LogP contribution in [0, 0.1) is 0 Å². The number of methoxy groups -OCH3 is 1. The van der Waals surface area contributed by atoms with Crippen molar-refractivity contribution in [2.75, 3.05) is 13.7 Å². The van der Waals surface area contributed by atoms with E-state index in [1.54, 1.807) is 36.4 Å². The fraction of sp³-hybridized carbons (Fsp3) is 0.133. The van der Waals surface area contributed by atoms with E-state index < -0.39 is 0 Å². The maximum absolute atomic E-state index is 12.2. The second kappa shape index (κ2) is 13.3. The van der Waals surface area contributed by atoms with E-state index in [1.807, 2.05) is 42.5 Å². The smallest absolute Gasteiger partial charge is 0.163 e. The third-order valence-corrected chi connectivity index (χ3v) is 5.11. The number of ketones is 2. The van der Waals surface area contributed by atoms with Crippen LogP contribution in [0.4, 0.5) is 0 Å². The Kier molecular flexibility index (Phi) is 9.65. The molecule has 0 unspecified atom stereocenters. The Morgan fingerprint density at radius 3 is 1.94 bits per heavy atom. The molecule has 0 heterocycles. The maximum atomic E-state index is 12.2. The Morgan fingerprint density at radius 1 is 0.750 bits per heavy atom. The highest BCUT2D eigenvalue weighted by molar-refractivity contribution is 6.10. The summed E-state index contributed by atoms with van der Waals surface area (Å²) in [6, 6.07) is 19.4. The first-order valence-electron chi connectivity index (χ1n) is 11.4. The van der Waals surface area contributed by atoms with Crippen molar-refractivity contribution in [3.8, 4) is 23.0 Å². The molecule has 0 aliphatic carbocycles. The van der Waals surface area contributed by atoms with Gasteiger partial charge in [0.15, 0.2) is 34.6 Å². The van der Waals surface area contributed by atoms with Crippen LogP contribution in [0.1, 0.15) is 29.5 Å². The monoisotopic (exact) mass is 484 g/mol. The summed E-state index contributed by atoms with van der Waals surface area (Å²) in [6.45, 7) is 0.386. The van der Waals surface area contributed by atoms with Gasteiger partial charge in [0.1, 0.15) is 0 Å². The van der Waals surface area contributed by atoms with Gasteiger partial charge in [-0.3, -0.25) is 9.59 Å². The number of carbonyl (C=O) groups excluding carboxylic acids is 2. The normalized spacial score (nSPS) is 11.4. The minimum Gasteiger partial charge on any atom is -0.504 e.